The predicted molar refractivity (Wildman–Crippen MR) is 148 cm³/mol. The first-order valence-electron chi connectivity index (χ1n) is 12.7. The first-order valence-corrected chi connectivity index (χ1v) is 13.5. The molecule has 0 saturated heterocycles. The van der Waals surface area contributed by atoms with Gasteiger partial charge >= 0.3 is 5.97 Å². The van der Waals surface area contributed by atoms with Gasteiger partial charge in [0, 0.05) is 25.5 Å². The van der Waals surface area contributed by atoms with Crippen molar-refractivity contribution in [2.45, 2.75) is 39.2 Å². The Hall–Kier alpha value is -3.78. The molecule has 5 rings (SSSR count). The highest BCUT2D eigenvalue weighted by Crippen LogP contribution is 2.35. The van der Waals surface area contributed by atoms with Crippen LogP contribution < -0.4 is 10.2 Å². The molecule has 0 bridgehead atoms. The number of aliphatic carboxylic acids is 1. The standard InChI is InChI=1S/C29H31N5O2S/c1-20-14-15-30-27(16-20)33-26-9-5-8-24(32-26)25-17-31-29(37-25)34(18-21-6-3-2-4-7-21)19-22-10-12-23(13-11-22)28(35)36/h2-9,14-17,22-23H,10-13,18-19H2,1H3,(H,35,36)(H,30,32,33). The lowest BCUT2D eigenvalue weighted by Gasteiger charge is -2.31. The first kappa shape index (κ1) is 24.9. The lowest BCUT2D eigenvalue weighted by atomic mass is 9.82. The van der Waals surface area contributed by atoms with Crippen LogP contribution >= 0.6 is 11.3 Å². The molecule has 1 aliphatic carbocycles. The first-order chi connectivity index (χ1) is 18.0. The summed E-state index contributed by atoms with van der Waals surface area (Å²) >= 11 is 1.64. The van der Waals surface area contributed by atoms with Gasteiger partial charge in [-0.2, -0.15) is 0 Å². The largest absolute Gasteiger partial charge is 0.481 e. The summed E-state index contributed by atoms with van der Waals surface area (Å²) in [5.41, 5.74) is 3.23. The second-order valence-electron chi connectivity index (χ2n) is 9.68. The van der Waals surface area contributed by atoms with Gasteiger partial charge in [-0.25, -0.2) is 15.0 Å². The molecule has 2 N–H and O–H groups in total. The maximum atomic E-state index is 11.4. The molecule has 37 heavy (non-hydrogen) atoms. The van der Waals surface area contributed by atoms with Crippen LogP contribution in [0.2, 0.25) is 0 Å². The summed E-state index contributed by atoms with van der Waals surface area (Å²) in [4.78, 5) is 28.7. The maximum absolute atomic E-state index is 11.4. The Bertz CT molecular complexity index is 1330. The molecule has 1 fully saturated rings. The Balaban J connectivity index is 1.34. The van der Waals surface area contributed by atoms with Crippen molar-refractivity contribution in [3.63, 3.8) is 0 Å². The molecule has 0 spiro atoms. The molecule has 0 atom stereocenters. The van der Waals surface area contributed by atoms with E-state index in [1.807, 2.05) is 49.5 Å². The minimum absolute atomic E-state index is 0.202. The fraction of sp³-hybridized carbons (Fsp3) is 0.310. The monoisotopic (exact) mass is 513 g/mol. The van der Waals surface area contributed by atoms with Gasteiger partial charge in [0.05, 0.1) is 16.5 Å². The summed E-state index contributed by atoms with van der Waals surface area (Å²) in [7, 11) is 0. The molecule has 0 aliphatic heterocycles. The van der Waals surface area contributed by atoms with Crippen LogP contribution in [0.5, 0.6) is 0 Å². The third-order valence-corrected chi connectivity index (χ3v) is 7.91. The van der Waals surface area contributed by atoms with Crippen molar-refractivity contribution in [2.75, 3.05) is 16.8 Å². The third kappa shape index (κ3) is 6.51. The number of carboxylic acid groups (broad SMARTS) is 1. The van der Waals surface area contributed by atoms with Crippen molar-refractivity contribution in [3.8, 4) is 10.6 Å². The zero-order valence-corrected chi connectivity index (χ0v) is 21.7. The van der Waals surface area contributed by atoms with Crippen molar-refractivity contribution < 1.29 is 9.90 Å². The van der Waals surface area contributed by atoms with E-state index in [2.05, 4.69) is 39.5 Å². The molecule has 0 radical (unpaired) electrons. The number of thiazole rings is 1. The van der Waals surface area contributed by atoms with Gasteiger partial charge in [0.2, 0.25) is 0 Å². The minimum Gasteiger partial charge on any atom is -0.481 e. The number of hydrogen-bond acceptors (Lipinski definition) is 7. The maximum Gasteiger partial charge on any atom is 0.306 e. The molecule has 0 unspecified atom stereocenters. The van der Waals surface area contributed by atoms with Crippen molar-refractivity contribution >= 4 is 34.1 Å². The highest BCUT2D eigenvalue weighted by Gasteiger charge is 2.28. The number of aromatic nitrogens is 3. The summed E-state index contributed by atoms with van der Waals surface area (Å²) in [6, 6.07) is 20.3. The number of aryl methyl sites for hydroxylation is 1. The molecule has 190 valence electrons. The van der Waals surface area contributed by atoms with E-state index in [4.69, 9.17) is 9.97 Å². The number of rotatable bonds is 9. The lowest BCUT2D eigenvalue weighted by molar-refractivity contribution is -0.143. The molecular formula is C29H31N5O2S. The number of anilines is 3. The molecule has 4 aromatic rings. The normalized spacial score (nSPS) is 17.3. The van der Waals surface area contributed by atoms with Gasteiger partial charge in [0.15, 0.2) is 5.13 Å². The van der Waals surface area contributed by atoms with Gasteiger partial charge in [-0.15, -0.1) is 0 Å². The molecule has 8 heteroatoms. The van der Waals surface area contributed by atoms with Gasteiger partial charge in [-0.05, 0) is 73.9 Å². The Morgan fingerprint density at radius 2 is 1.84 bits per heavy atom. The Labute approximate surface area is 221 Å². The molecular weight excluding hydrogens is 482 g/mol. The summed E-state index contributed by atoms with van der Waals surface area (Å²) in [6.45, 7) is 3.66. The van der Waals surface area contributed by atoms with E-state index < -0.39 is 5.97 Å². The fourth-order valence-electron chi connectivity index (χ4n) is 4.82. The molecule has 7 nitrogen and oxygen atoms in total. The summed E-state index contributed by atoms with van der Waals surface area (Å²) < 4.78 is 0. The van der Waals surface area contributed by atoms with E-state index in [1.165, 1.54) is 5.56 Å². The second-order valence-corrected chi connectivity index (χ2v) is 10.7. The number of pyridine rings is 2. The zero-order valence-electron chi connectivity index (χ0n) is 20.9. The molecule has 1 aromatic carbocycles. The average Bonchev–Trinajstić information content (AvgIpc) is 3.40. The van der Waals surface area contributed by atoms with Crippen molar-refractivity contribution in [3.05, 3.63) is 84.2 Å². The number of benzene rings is 1. The van der Waals surface area contributed by atoms with Crippen molar-refractivity contribution in [1.29, 1.82) is 0 Å². The van der Waals surface area contributed by atoms with E-state index in [-0.39, 0.29) is 5.92 Å². The molecule has 3 aromatic heterocycles. The Morgan fingerprint density at radius 3 is 2.59 bits per heavy atom. The van der Waals surface area contributed by atoms with E-state index >= 15 is 0 Å². The summed E-state index contributed by atoms with van der Waals surface area (Å²) in [6.07, 6.45) is 7.05. The average molecular weight is 514 g/mol. The van der Waals surface area contributed by atoms with Gasteiger partial charge < -0.3 is 15.3 Å². The second kappa shape index (κ2) is 11.5. The minimum atomic E-state index is -0.661. The van der Waals surface area contributed by atoms with Crippen LogP contribution in [0.1, 0.15) is 36.8 Å². The molecule has 3 heterocycles. The smallest absolute Gasteiger partial charge is 0.306 e. The van der Waals surface area contributed by atoms with Crippen molar-refractivity contribution in [1.82, 2.24) is 15.0 Å². The van der Waals surface area contributed by atoms with Crippen molar-refractivity contribution in [2.24, 2.45) is 11.8 Å². The quantitative estimate of drug-likeness (QED) is 0.262. The Morgan fingerprint density at radius 1 is 1.03 bits per heavy atom. The van der Waals surface area contributed by atoms with E-state index in [0.717, 1.165) is 71.7 Å². The highest BCUT2D eigenvalue weighted by molar-refractivity contribution is 7.18. The van der Waals surface area contributed by atoms with Crippen LogP contribution in [0.15, 0.2) is 73.1 Å². The number of carboxylic acids is 1. The van der Waals surface area contributed by atoms with E-state index in [9.17, 15) is 9.90 Å². The van der Waals surface area contributed by atoms with Crippen LogP contribution in [0.4, 0.5) is 16.8 Å². The number of hydrogen-bond donors (Lipinski definition) is 2. The van der Waals surface area contributed by atoms with Gasteiger partial charge in [-0.1, -0.05) is 47.7 Å². The van der Waals surface area contributed by atoms with Crippen LogP contribution in [-0.4, -0.2) is 32.6 Å². The molecule has 1 saturated carbocycles. The third-order valence-electron chi connectivity index (χ3n) is 6.83. The van der Waals surface area contributed by atoms with E-state index in [0.29, 0.717) is 5.92 Å². The number of nitrogens with zero attached hydrogens (tertiary/aromatic N) is 4. The summed E-state index contributed by atoms with van der Waals surface area (Å²) in [5, 5.41) is 13.6. The SMILES string of the molecule is Cc1ccnc(Nc2cccc(-c3cnc(N(Cc4ccccc4)CC4CCC(C(=O)O)CC4)s3)n2)c1. The lowest BCUT2D eigenvalue weighted by Crippen LogP contribution is -2.32. The van der Waals surface area contributed by atoms with Crippen LogP contribution in [0.3, 0.4) is 0 Å². The highest BCUT2D eigenvalue weighted by atomic mass is 32.1. The predicted octanol–water partition coefficient (Wildman–Crippen LogP) is 6.55. The number of carbonyl (C=O) groups is 1. The fourth-order valence-corrected chi connectivity index (χ4v) is 5.72. The van der Waals surface area contributed by atoms with E-state index in [1.54, 1.807) is 17.5 Å². The summed E-state index contributed by atoms with van der Waals surface area (Å²) in [5.74, 6) is 1.10. The van der Waals surface area contributed by atoms with Gasteiger partial charge in [-0.3, -0.25) is 4.79 Å². The topological polar surface area (TPSA) is 91.2 Å². The zero-order chi connectivity index (χ0) is 25.6. The van der Waals surface area contributed by atoms with Crippen LogP contribution in [0.25, 0.3) is 10.6 Å². The molecule has 1 aliphatic rings. The van der Waals surface area contributed by atoms with Gasteiger partial charge in [0.1, 0.15) is 11.6 Å². The van der Waals surface area contributed by atoms with Gasteiger partial charge in [0.25, 0.3) is 0 Å². The number of nitrogens with one attached hydrogen (secondary N) is 1. The molecule has 0 amide bonds. The van der Waals surface area contributed by atoms with Crippen LogP contribution in [-0.2, 0) is 11.3 Å². The van der Waals surface area contributed by atoms with Crippen LogP contribution in [0, 0.1) is 18.8 Å². The Kier molecular flexibility index (Phi) is 7.75.